The molecule has 4 nitrogen and oxygen atoms in total. The number of rotatable bonds is 4. The van der Waals surface area contributed by atoms with Gasteiger partial charge in [-0.25, -0.2) is 0 Å². The van der Waals surface area contributed by atoms with Crippen molar-refractivity contribution >= 4 is 5.91 Å². The molecule has 2 aliphatic carbocycles. The van der Waals surface area contributed by atoms with E-state index in [2.05, 4.69) is 22.1 Å². The summed E-state index contributed by atoms with van der Waals surface area (Å²) >= 11 is 0. The monoisotopic (exact) mass is 269 g/mol. The SMILES string of the molecule is NCC#Cc1cncc(C(=O)NCC2(C3CC3)CC2)c1. The van der Waals surface area contributed by atoms with Gasteiger partial charge in [-0.1, -0.05) is 11.8 Å². The van der Waals surface area contributed by atoms with Gasteiger partial charge in [-0.05, 0) is 43.1 Å². The Bertz CT molecular complexity index is 577. The van der Waals surface area contributed by atoms with Crippen LogP contribution in [0, 0.1) is 23.2 Å². The number of carbonyl (C=O) groups excluding carboxylic acids is 1. The maximum Gasteiger partial charge on any atom is 0.252 e. The Morgan fingerprint density at radius 3 is 2.90 bits per heavy atom. The maximum absolute atomic E-state index is 12.2. The minimum atomic E-state index is -0.0548. The second-order valence-electron chi connectivity index (χ2n) is 5.79. The maximum atomic E-state index is 12.2. The van der Waals surface area contributed by atoms with E-state index in [1.807, 2.05) is 0 Å². The van der Waals surface area contributed by atoms with Crippen molar-refractivity contribution in [2.75, 3.05) is 13.1 Å². The summed E-state index contributed by atoms with van der Waals surface area (Å²) in [6, 6.07) is 1.77. The summed E-state index contributed by atoms with van der Waals surface area (Å²) in [5.74, 6) is 6.46. The van der Waals surface area contributed by atoms with E-state index in [0.717, 1.165) is 18.0 Å². The molecule has 0 radical (unpaired) electrons. The lowest BCUT2D eigenvalue weighted by atomic mass is 10.0. The minimum Gasteiger partial charge on any atom is -0.351 e. The van der Waals surface area contributed by atoms with Gasteiger partial charge in [0.15, 0.2) is 0 Å². The molecule has 0 saturated heterocycles. The highest BCUT2D eigenvalue weighted by molar-refractivity contribution is 5.94. The van der Waals surface area contributed by atoms with Crippen molar-refractivity contribution < 1.29 is 4.79 Å². The first kappa shape index (κ1) is 13.1. The van der Waals surface area contributed by atoms with Gasteiger partial charge in [0, 0.05) is 24.5 Å². The Morgan fingerprint density at radius 2 is 2.25 bits per heavy atom. The molecule has 2 fully saturated rings. The molecular formula is C16H19N3O. The highest BCUT2D eigenvalue weighted by Gasteiger charge is 2.53. The van der Waals surface area contributed by atoms with E-state index >= 15 is 0 Å². The average Bonchev–Trinajstić information content (AvgIpc) is 3.35. The highest BCUT2D eigenvalue weighted by Crippen LogP contribution is 2.60. The van der Waals surface area contributed by atoms with Crippen molar-refractivity contribution in [3.05, 3.63) is 29.6 Å². The largest absolute Gasteiger partial charge is 0.351 e. The Hall–Kier alpha value is -1.86. The molecule has 3 N–H and O–H groups in total. The predicted octanol–water partition coefficient (Wildman–Crippen LogP) is 1.31. The number of nitrogens with zero attached hydrogens (tertiary/aromatic N) is 1. The summed E-state index contributed by atoms with van der Waals surface area (Å²) in [7, 11) is 0. The first-order valence-electron chi connectivity index (χ1n) is 7.16. The van der Waals surface area contributed by atoms with Gasteiger partial charge >= 0.3 is 0 Å². The van der Waals surface area contributed by atoms with Gasteiger partial charge in [-0.2, -0.15) is 0 Å². The number of amides is 1. The van der Waals surface area contributed by atoms with Gasteiger partial charge in [-0.15, -0.1) is 0 Å². The van der Waals surface area contributed by atoms with Gasteiger partial charge < -0.3 is 11.1 Å². The predicted molar refractivity (Wildman–Crippen MR) is 76.9 cm³/mol. The second kappa shape index (κ2) is 5.26. The van der Waals surface area contributed by atoms with Gasteiger partial charge in [0.05, 0.1) is 12.1 Å². The van der Waals surface area contributed by atoms with Crippen LogP contribution in [0.2, 0.25) is 0 Å². The van der Waals surface area contributed by atoms with Crippen molar-refractivity contribution in [1.29, 1.82) is 0 Å². The number of hydrogen-bond donors (Lipinski definition) is 2. The summed E-state index contributed by atoms with van der Waals surface area (Å²) < 4.78 is 0. The van der Waals surface area contributed by atoms with Crippen LogP contribution in [0.5, 0.6) is 0 Å². The zero-order valence-electron chi connectivity index (χ0n) is 11.5. The molecular weight excluding hydrogens is 250 g/mol. The number of hydrogen-bond acceptors (Lipinski definition) is 3. The average molecular weight is 269 g/mol. The van der Waals surface area contributed by atoms with Crippen molar-refractivity contribution in [2.45, 2.75) is 25.7 Å². The van der Waals surface area contributed by atoms with Crippen molar-refractivity contribution in [3.63, 3.8) is 0 Å². The van der Waals surface area contributed by atoms with E-state index in [1.54, 1.807) is 18.5 Å². The standard InChI is InChI=1S/C16H19N3O/c17-7-1-2-12-8-13(10-18-9-12)15(20)19-11-16(5-6-16)14-3-4-14/h8-10,14H,3-7,11,17H2,(H,19,20). The lowest BCUT2D eigenvalue weighted by Crippen LogP contribution is -2.31. The van der Waals surface area contributed by atoms with E-state index in [0.29, 0.717) is 17.5 Å². The fourth-order valence-corrected chi connectivity index (χ4v) is 2.73. The lowest BCUT2D eigenvalue weighted by Gasteiger charge is -2.14. The van der Waals surface area contributed by atoms with E-state index in [9.17, 15) is 4.79 Å². The highest BCUT2D eigenvalue weighted by atomic mass is 16.1. The molecule has 1 amide bonds. The summed E-state index contributed by atoms with van der Waals surface area (Å²) in [5, 5.41) is 3.05. The summed E-state index contributed by atoms with van der Waals surface area (Å²) in [5.41, 5.74) is 7.05. The summed E-state index contributed by atoms with van der Waals surface area (Å²) in [6.07, 6.45) is 8.42. The fourth-order valence-electron chi connectivity index (χ4n) is 2.73. The smallest absolute Gasteiger partial charge is 0.252 e. The van der Waals surface area contributed by atoms with Gasteiger partial charge in [0.2, 0.25) is 0 Å². The van der Waals surface area contributed by atoms with Gasteiger partial charge in [-0.3, -0.25) is 9.78 Å². The Morgan fingerprint density at radius 1 is 1.45 bits per heavy atom. The molecule has 0 atom stereocenters. The third-order valence-corrected chi connectivity index (χ3v) is 4.27. The first-order valence-corrected chi connectivity index (χ1v) is 7.16. The van der Waals surface area contributed by atoms with E-state index < -0.39 is 0 Å². The molecule has 20 heavy (non-hydrogen) atoms. The third-order valence-electron chi connectivity index (χ3n) is 4.27. The molecule has 1 heterocycles. The Balaban J connectivity index is 1.62. The van der Waals surface area contributed by atoms with Crippen LogP contribution in [0.4, 0.5) is 0 Å². The molecule has 4 heteroatoms. The van der Waals surface area contributed by atoms with Crippen molar-refractivity contribution in [1.82, 2.24) is 10.3 Å². The normalized spacial score (nSPS) is 18.9. The summed E-state index contributed by atoms with van der Waals surface area (Å²) in [6.45, 7) is 1.11. The molecule has 0 aromatic carbocycles. The fraction of sp³-hybridized carbons (Fsp3) is 0.500. The number of nitrogens with two attached hydrogens (primary N) is 1. The van der Waals surface area contributed by atoms with Gasteiger partial charge in [0.25, 0.3) is 5.91 Å². The van der Waals surface area contributed by atoms with Crippen LogP contribution in [-0.2, 0) is 0 Å². The molecule has 3 rings (SSSR count). The molecule has 2 saturated carbocycles. The molecule has 104 valence electrons. The van der Waals surface area contributed by atoms with E-state index in [4.69, 9.17) is 5.73 Å². The molecule has 1 aromatic rings. The van der Waals surface area contributed by atoms with Crippen molar-refractivity contribution in [2.24, 2.45) is 17.1 Å². The number of nitrogens with one attached hydrogen (secondary N) is 1. The van der Waals surface area contributed by atoms with Crippen LogP contribution in [0.25, 0.3) is 0 Å². The Labute approximate surface area is 119 Å². The summed E-state index contributed by atoms with van der Waals surface area (Å²) in [4.78, 5) is 16.2. The number of pyridine rings is 1. The molecule has 0 unspecified atom stereocenters. The van der Waals surface area contributed by atoms with Crippen LogP contribution < -0.4 is 11.1 Å². The molecule has 0 aliphatic heterocycles. The third kappa shape index (κ3) is 2.83. The van der Waals surface area contributed by atoms with Crippen LogP contribution >= 0.6 is 0 Å². The Kier molecular flexibility index (Phi) is 3.45. The minimum absolute atomic E-state index is 0.0548. The second-order valence-corrected chi connectivity index (χ2v) is 5.79. The number of carbonyl (C=O) groups is 1. The topological polar surface area (TPSA) is 68.0 Å². The van der Waals surface area contributed by atoms with E-state index in [-0.39, 0.29) is 5.91 Å². The zero-order chi connectivity index (χ0) is 14.0. The van der Waals surface area contributed by atoms with Crippen LogP contribution in [0.15, 0.2) is 18.5 Å². The van der Waals surface area contributed by atoms with E-state index in [1.165, 1.54) is 25.7 Å². The zero-order valence-corrected chi connectivity index (χ0v) is 11.5. The molecule has 0 bridgehead atoms. The molecule has 0 spiro atoms. The lowest BCUT2D eigenvalue weighted by molar-refractivity contribution is 0.0942. The van der Waals surface area contributed by atoms with Gasteiger partial charge in [0.1, 0.15) is 0 Å². The number of aromatic nitrogens is 1. The quantitative estimate of drug-likeness (QED) is 0.810. The van der Waals surface area contributed by atoms with Crippen molar-refractivity contribution in [3.8, 4) is 11.8 Å². The van der Waals surface area contributed by atoms with Crippen LogP contribution in [-0.4, -0.2) is 24.0 Å². The molecule has 2 aliphatic rings. The van der Waals surface area contributed by atoms with Crippen LogP contribution in [0.3, 0.4) is 0 Å². The van der Waals surface area contributed by atoms with Crippen LogP contribution in [0.1, 0.15) is 41.6 Å². The first-order chi connectivity index (χ1) is 9.73. The molecule has 1 aromatic heterocycles.